The fourth-order valence-corrected chi connectivity index (χ4v) is 3.88. The highest BCUT2D eigenvalue weighted by Crippen LogP contribution is 2.30. The largest absolute Gasteiger partial charge is 0.322 e. The van der Waals surface area contributed by atoms with Crippen LogP contribution >= 0.6 is 0 Å². The van der Waals surface area contributed by atoms with Crippen molar-refractivity contribution in [2.45, 2.75) is 38.3 Å². The molecule has 26 heavy (non-hydrogen) atoms. The SMILES string of the molecule is Cc1ccccc1NC(=O)N1CCN(C2CC2)CC1Cc1ccccc1. The van der Waals surface area contributed by atoms with E-state index in [0.717, 1.165) is 43.3 Å². The van der Waals surface area contributed by atoms with Crippen molar-refractivity contribution in [3.05, 3.63) is 65.7 Å². The van der Waals surface area contributed by atoms with Gasteiger partial charge in [0.2, 0.25) is 0 Å². The highest BCUT2D eigenvalue weighted by Gasteiger charge is 2.37. The summed E-state index contributed by atoms with van der Waals surface area (Å²) in [6, 6.07) is 19.5. The molecule has 4 nitrogen and oxygen atoms in total. The van der Waals surface area contributed by atoms with Crippen LogP contribution in [0.5, 0.6) is 0 Å². The molecular weight excluding hydrogens is 322 g/mol. The number of anilines is 1. The highest BCUT2D eigenvalue weighted by molar-refractivity contribution is 5.90. The Morgan fingerprint density at radius 3 is 2.50 bits per heavy atom. The number of carbonyl (C=O) groups excluding carboxylic acids is 1. The zero-order valence-corrected chi connectivity index (χ0v) is 15.4. The Balaban J connectivity index is 1.49. The molecule has 2 amide bonds. The van der Waals surface area contributed by atoms with E-state index in [1.165, 1.54) is 18.4 Å². The lowest BCUT2D eigenvalue weighted by Crippen LogP contribution is -2.57. The maximum absolute atomic E-state index is 13.0. The first kappa shape index (κ1) is 17.1. The van der Waals surface area contributed by atoms with Crippen LogP contribution in [0.4, 0.5) is 10.5 Å². The average Bonchev–Trinajstić information content (AvgIpc) is 3.50. The van der Waals surface area contributed by atoms with Crippen molar-refractivity contribution in [3.8, 4) is 0 Å². The van der Waals surface area contributed by atoms with E-state index in [-0.39, 0.29) is 12.1 Å². The molecule has 2 aromatic rings. The summed E-state index contributed by atoms with van der Waals surface area (Å²) in [5, 5.41) is 3.12. The molecule has 2 fully saturated rings. The van der Waals surface area contributed by atoms with Gasteiger partial charge in [0.1, 0.15) is 0 Å². The summed E-state index contributed by atoms with van der Waals surface area (Å²) in [7, 11) is 0. The Bertz CT molecular complexity index is 757. The molecule has 1 aliphatic carbocycles. The summed E-state index contributed by atoms with van der Waals surface area (Å²) in [5.74, 6) is 0. The van der Waals surface area contributed by atoms with Crippen LogP contribution in [0.1, 0.15) is 24.0 Å². The number of carbonyl (C=O) groups is 1. The first-order valence-electron chi connectivity index (χ1n) is 9.62. The third kappa shape index (κ3) is 3.91. The van der Waals surface area contributed by atoms with E-state index in [1.807, 2.05) is 42.2 Å². The summed E-state index contributed by atoms with van der Waals surface area (Å²) in [4.78, 5) is 17.6. The first-order valence-corrected chi connectivity index (χ1v) is 9.62. The second-order valence-corrected chi connectivity index (χ2v) is 7.51. The molecule has 2 aromatic carbocycles. The zero-order chi connectivity index (χ0) is 17.9. The van der Waals surface area contributed by atoms with E-state index in [4.69, 9.17) is 0 Å². The topological polar surface area (TPSA) is 35.6 Å². The molecule has 136 valence electrons. The Hall–Kier alpha value is -2.33. The molecule has 0 bridgehead atoms. The van der Waals surface area contributed by atoms with Crippen molar-refractivity contribution in [2.75, 3.05) is 25.0 Å². The molecule has 2 aliphatic rings. The second-order valence-electron chi connectivity index (χ2n) is 7.51. The van der Waals surface area contributed by atoms with Crippen LogP contribution < -0.4 is 5.32 Å². The number of para-hydroxylation sites is 1. The Kier molecular flexibility index (Phi) is 4.93. The molecular formula is C22H27N3O. The summed E-state index contributed by atoms with van der Waals surface area (Å²) in [5.41, 5.74) is 3.29. The number of nitrogens with one attached hydrogen (secondary N) is 1. The lowest BCUT2D eigenvalue weighted by Gasteiger charge is -2.41. The molecule has 0 spiro atoms. The number of urea groups is 1. The van der Waals surface area contributed by atoms with Crippen LogP contribution in [0.25, 0.3) is 0 Å². The minimum Gasteiger partial charge on any atom is -0.319 e. The Labute approximate surface area is 155 Å². The Morgan fingerprint density at radius 2 is 1.77 bits per heavy atom. The Morgan fingerprint density at radius 1 is 1.04 bits per heavy atom. The number of hydrogen-bond acceptors (Lipinski definition) is 2. The van der Waals surface area contributed by atoms with Crippen LogP contribution in [0.3, 0.4) is 0 Å². The van der Waals surface area contributed by atoms with E-state index in [2.05, 4.69) is 34.5 Å². The number of hydrogen-bond donors (Lipinski definition) is 1. The van der Waals surface area contributed by atoms with Crippen LogP contribution in [-0.4, -0.2) is 47.5 Å². The van der Waals surface area contributed by atoms with Gasteiger partial charge in [0, 0.05) is 31.4 Å². The number of benzene rings is 2. The predicted molar refractivity (Wildman–Crippen MR) is 105 cm³/mol. The highest BCUT2D eigenvalue weighted by atomic mass is 16.2. The van der Waals surface area contributed by atoms with E-state index >= 15 is 0 Å². The summed E-state index contributed by atoms with van der Waals surface area (Å²) >= 11 is 0. The van der Waals surface area contributed by atoms with Crippen molar-refractivity contribution in [1.29, 1.82) is 0 Å². The summed E-state index contributed by atoms with van der Waals surface area (Å²) in [6.07, 6.45) is 3.53. The molecule has 0 radical (unpaired) electrons. The fourth-order valence-electron chi connectivity index (χ4n) is 3.88. The molecule has 1 atom stereocenters. The molecule has 1 unspecified atom stereocenters. The lowest BCUT2D eigenvalue weighted by atomic mass is 10.0. The van der Waals surface area contributed by atoms with Crippen LogP contribution in [0.2, 0.25) is 0 Å². The predicted octanol–water partition coefficient (Wildman–Crippen LogP) is 3.92. The van der Waals surface area contributed by atoms with Gasteiger partial charge in [0.15, 0.2) is 0 Å². The normalized spacial score (nSPS) is 20.8. The van der Waals surface area contributed by atoms with Crippen molar-refractivity contribution in [3.63, 3.8) is 0 Å². The second kappa shape index (κ2) is 7.50. The lowest BCUT2D eigenvalue weighted by molar-refractivity contribution is 0.0954. The van der Waals surface area contributed by atoms with E-state index in [9.17, 15) is 4.79 Å². The molecule has 1 heterocycles. The van der Waals surface area contributed by atoms with Gasteiger partial charge in [0.05, 0.1) is 6.04 Å². The number of aryl methyl sites for hydroxylation is 1. The monoisotopic (exact) mass is 349 g/mol. The van der Waals surface area contributed by atoms with Gasteiger partial charge in [-0.05, 0) is 43.4 Å². The number of piperazine rings is 1. The minimum absolute atomic E-state index is 0.0238. The van der Waals surface area contributed by atoms with Crippen LogP contribution in [0, 0.1) is 6.92 Å². The molecule has 4 rings (SSSR count). The van der Waals surface area contributed by atoms with Crippen molar-refractivity contribution >= 4 is 11.7 Å². The third-order valence-electron chi connectivity index (χ3n) is 5.54. The number of nitrogens with zero attached hydrogens (tertiary/aromatic N) is 2. The van der Waals surface area contributed by atoms with Gasteiger partial charge >= 0.3 is 6.03 Å². The van der Waals surface area contributed by atoms with Gasteiger partial charge < -0.3 is 10.2 Å². The van der Waals surface area contributed by atoms with Gasteiger partial charge in [-0.2, -0.15) is 0 Å². The van der Waals surface area contributed by atoms with Crippen LogP contribution in [0.15, 0.2) is 54.6 Å². The van der Waals surface area contributed by atoms with Gasteiger partial charge in [-0.1, -0.05) is 48.5 Å². The van der Waals surface area contributed by atoms with Gasteiger partial charge in [-0.25, -0.2) is 4.79 Å². The maximum atomic E-state index is 13.0. The van der Waals surface area contributed by atoms with Crippen molar-refractivity contribution in [2.24, 2.45) is 0 Å². The summed E-state index contributed by atoms with van der Waals surface area (Å²) in [6.45, 7) is 4.78. The van der Waals surface area contributed by atoms with E-state index in [0.29, 0.717) is 0 Å². The number of amides is 2. The quantitative estimate of drug-likeness (QED) is 0.908. The smallest absolute Gasteiger partial charge is 0.319 e. The first-order chi connectivity index (χ1) is 12.7. The van der Waals surface area contributed by atoms with E-state index in [1.54, 1.807) is 0 Å². The average molecular weight is 349 g/mol. The molecule has 4 heteroatoms. The third-order valence-corrected chi connectivity index (χ3v) is 5.54. The van der Waals surface area contributed by atoms with Crippen LogP contribution in [-0.2, 0) is 6.42 Å². The standard InChI is InChI=1S/C22H27N3O/c1-17-7-5-6-10-21(17)23-22(26)25-14-13-24(19-11-12-19)16-20(25)15-18-8-3-2-4-9-18/h2-10,19-20H,11-16H2,1H3,(H,23,26). The van der Waals surface area contributed by atoms with Gasteiger partial charge in [0.25, 0.3) is 0 Å². The zero-order valence-electron chi connectivity index (χ0n) is 15.4. The molecule has 1 saturated heterocycles. The molecule has 1 N–H and O–H groups in total. The summed E-state index contributed by atoms with van der Waals surface area (Å²) < 4.78 is 0. The molecule has 1 aliphatic heterocycles. The fraction of sp³-hybridized carbons (Fsp3) is 0.409. The van der Waals surface area contributed by atoms with Crippen molar-refractivity contribution in [1.82, 2.24) is 9.80 Å². The molecule has 0 aromatic heterocycles. The van der Waals surface area contributed by atoms with Gasteiger partial charge in [-0.3, -0.25) is 4.90 Å². The number of rotatable bonds is 4. The van der Waals surface area contributed by atoms with E-state index < -0.39 is 0 Å². The molecule has 1 saturated carbocycles. The van der Waals surface area contributed by atoms with Crippen molar-refractivity contribution < 1.29 is 4.79 Å². The minimum atomic E-state index is 0.0238. The maximum Gasteiger partial charge on any atom is 0.322 e. The van der Waals surface area contributed by atoms with Gasteiger partial charge in [-0.15, -0.1) is 0 Å².